The van der Waals surface area contributed by atoms with Gasteiger partial charge in [-0.05, 0) is 49.9 Å². The maximum atomic E-state index is 9.40. The van der Waals surface area contributed by atoms with Gasteiger partial charge in [0.15, 0.2) is 5.82 Å². The third-order valence-corrected chi connectivity index (χ3v) is 4.38. The maximum Gasteiger partial charge on any atom is 0.207 e. The summed E-state index contributed by atoms with van der Waals surface area (Å²) in [4.78, 5) is 3.76. The molecule has 1 aliphatic rings. The van der Waals surface area contributed by atoms with Crippen LogP contribution in [0.3, 0.4) is 0 Å². The second-order valence-corrected chi connectivity index (χ2v) is 5.94. The van der Waals surface area contributed by atoms with E-state index in [0.29, 0.717) is 22.6 Å². The highest BCUT2D eigenvalue weighted by Crippen LogP contribution is 2.27. The van der Waals surface area contributed by atoms with Crippen LogP contribution in [-0.4, -0.2) is 27.6 Å². The molecule has 6 heteroatoms. The molecule has 22 heavy (non-hydrogen) atoms. The smallest absolute Gasteiger partial charge is 0.207 e. The largest absolute Gasteiger partial charge is 0.350 e. The van der Waals surface area contributed by atoms with Crippen molar-refractivity contribution in [2.75, 3.05) is 11.4 Å². The van der Waals surface area contributed by atoms with E-state index in [2.05, 4.69) is 28.1 Å². The molecule has 2 heterocycles. The minimum atomic E-state index is 0.385. The number of anilines is 1. The highest BCUT2D eigenvalue weighted by atomic mass is 35.5. The number of aromatic nitrogens is 3. The molecule has 0 spiro atoms. The Morgan fingerprint density at radius 1 is 1.27 bits per heavy atom. The SMILES string of the molecule is CC[C@H]1CCCCN1c1nn(-c2ccc(Cl)cc2)nc1C#N. The lowest BCUT2D eigenvalue weighted by molar-refractivity contribution is 0.446. The molecule has 0 saturated carbocycles. The van der Waals surface area contributed by atoms with Gasteiger partial charge < -0.3 is 4.90 Å². The fourth-order valence-corrected chi connectivity index (χ4v) is 3.08. The second-order valence-electron chi connectivity index (χ2n) is 5.50. The van der Waals surface area contributed by atoms with Crippen LogP contribution in [0.5, 0.6) is 0 Å². The van der Waals surface area contributed by atoms with E-state index in [9.17, 15) is 5.26 Å². The van der Waals surface area contributed by atoms with E-state index >= 15 is 0 Å². The zero-order chi connectivity index (χ0) is 15.5. The van der Waals surface area contributed by atoms with Gasteiger partial charge in [-0.1, -0.05) is 18.5 Å². The molecule has 0 aliphatic carbocycles. The van der Waals surface area contributed by atoms with Crippen molar-refractivity contribution >= 4 is 17.4 Å². The molecule has 114 valence electrons. The maximum absolute atomic E-state index is 9.40. The standard InChI is InChI=1S/C16H18ClN5/c1-2-13-5-3-4-10-21(13)16-15(11-18)19-22(20-16)14-8-6-12(17)7-9-14/h6-9,13H,2-5,10H2,1H3/t13-/m0/s1. The number of piperidine rings is 1. The molecule has 5 nitrogen and oxygen atoms in total. The fraction of sp³-hybridized carbons (Fsp3) is 0.438. The number of hydrogen-bond donors (Lipinski definition) is 0. The number of nitriles is 1. The molecular formula is C16H18ClN5. The zero-order valence-electron chi connectivity index (χ0n) is 12.5. The van der Waals surface area contributed by atoms with E-state index in [4.69, 9.17) is 11.6 Å². The Morgan fingerprint density at radius 3 is 2.73 bits per heavy atom. The van der Waals surface area contributed by atoms with E-state index in [1.807, 2.05) is 12.1 Å². The topological polar surface area (TPSA) is 57.7 Å². The molecule has 1 aliphatic heterocycles. The molecule has 1 fully saturated rings. The van der Waals surface area contributed by atoms with E-state index < -0.39 is 0 Å². The molecule has 1 aromatic heterocycles. The van der Waals surface area contributed by atoms with E-state index in [1.165, 1.54) is 11.2 Å². The molecule has 0 radical (unpaired) electrons. The Bertz CT molecular complexity index is 686. The van der Waals surface area contributed by atoms with Gasteiger partial charge in [0.25, 0.3) is 0 Å². The summed E-state index contributed by atoms with van der Waals surface area (Å²) in [6.07, 6.45) is 4.57. The Morgan fingerprint density at radius 2 is 2.05 bits per heavy atom. The first-order valence-electron chi connectivity index (χ1n) is 7.63. The molecule has 1 saturated heterocycles. The van der Waals surface area contributed by atoms with Gasteiger partial charge in [0.1, 0.15) is 6.07 Å². The van der Waals surface area contributed by atoms with Gasteiger partial charge in [0.05, 0.1) is 5.69 Å². The van der Waals surface area contributed by atoms with Crippen molar-refractivity contribution in [2.45, 2.75) is 38.6 Å². The van der Waals surface area contributed by atoms with Crippen LogP contribution in [0.1, 0.15) is 38.3 Å². The van der Waals surface area contributed by atoms with Crippen LogP contribution in [0.15, 0.2) is 24.3 Å². The highest BCUT2D eigenvalue weighted by molar-refractivity contribution is 6.30. The average molecular weight is 316 g/mol. The van der Waals surface area contributed by atoms with Crippen molar-refractivity contribution in [1.82, 2.24) is 15.0 Å². The molecule has 1 atom stereocenters. The van der Waals surface area contributed by atoms with Gasteiger partial charge in [-0.2, -0.15) is 5.26 Å². The van der Waals surface area contributed by atoms with Crippen molar-refractivity contribution in [3.8, 4) is 11.8 Å². The third kappa shape index (κ3) is 2.79. The minimum absolute atomic E-state index is 0.385. The Hall–Kier alpha value is -2.06. The van der Waals surface area contributed by atoms with E-state index in [-0.39, 0.29) is 0 Å². The first-order valence-corrected chi connectivity index (χ1v) is 8.00. The van der Waals surface area contributed by atoms with Crippen LogP contribution in [-0.2, 0) is 0 Å². The fourth-order valence-electron chi connectivity index (χ4n) is 2.96. The third-order valence-electron chi connectivity index (χ3n) is 4.13. The summed E-state index contributed by atoms with van der Waals surface area (Å²) in [6.45, 7) is 3.12. The average Bonchev–Trinajstić information content (AvgIpc) is 2.99. The molecule has 3 rings (SSSR count). The van der Waals surface area contributed by atoms with Crippen molar-refractivity contribution < 1.29 is 0 Å². The molecular weight excluding hydrogens is 298 g/mol. The summed E-state index contributed by atoms with van der Waals surface area (Å²) in [6, 6.07) is 9.90. The quantitative estimate of drug-likeness (QED) is 0.869. The molecule has 1 aromatic carbocycles. The number of nitrogens with zero attached hydrogens (tertiary/aromatic N) is 5. The Kier molecular flexibility index (Phi) is 4.30. The second kappa shape index (κ2) is 6.37. The lowest BCUT2D eigenvalue weighted by atomic mass is 10.00. The zero-order valence-corrected chi connectivity index (χ0v) is 13.3. The van der Waals surface area contributed by atoms with Gasteiger partial charge in [-0.25, -0.2) is 0 Å². The lowest BCUT2D eigenvalue weighted by Crippen LogP contribution is -2.39. The summed E-state index contributed by atoms with van der Waals surface area (Å²) in [5.74, 6) is 0.698. The van der Waals surface area contributed by atoms with Gasteiger partial charge in [-0.15, -0.1) is 15.0 Å². The normalized spacial score (nSPS) is 18.2. The van der Waals surface area contributed by atoms with Crippen molar-refractivity contribution in [3.05, 3.63) is 35.0 Å². The van der Waals surface area contributed by atoms with Crippen molar-refractivity contribution in [2.24, 2.45) is 0 Å². The predicted octanol–water partition coefficient (Wildman–Crippen LogP) is 3.56. The van der Waals surface area contributed by atoms with Crippen LogP contribution in [0.4, 0.5) is 5.82 Å². The molecule has 0 N–H and O–H groups in total. The number of halogens is 1. The Labute approximate surface area is 135 Å². The van der Waals surface area contributed by atoms with Gasteiger partial charge in [-0.3, -0.25) is 0 Å². The van der Waals surface area contributed by atoms with Crippen LogP contribution >= 0.6 is 11.6 Å². The first-order chi connectivity index (χ1) is 10.7. The van der Waals surface area contributed by atoms with Crippen LogP contribution < -0.4 is 4.90 Å². The van der Waals surface area contributed by atoms with Gasteiger partial charge >= 0.3 is 0 Å². The summed E-state index contributed by atoms with van der Waals surface area (Å²) < 4.78 is 0. The number of hydrogen-bond acceptors (Lipinski definition) is 4. The lowest BCUT2D eigenvalue weighted by Gasteiger charge is -2.35. The van der Waals surface area contributed by atoms with Crippen molar-refractivity contribution in [3.63, 3.8) is 0 Å². The van der Waals surface area contributed by atoms with E-state index in [0.717, 1.165) is 31.5 Å². The molecule has 0 amide bonds. The van der Waals surface area contributed by atoms with E-state index in [1.54, 1.807) is 12.1 Å². The molecule has 0 unspecified atom stereocenters. The van der Waals surface area contributed by atoms with Crippen LogP contribution in [0.2, 0.25) is 5.02 Å². The predicted molar refractivity (Wildman–Crippen MR) is 86.4 cm³/mol. The highest BCUT2D eigenvalue weighted by Gasteiger charge is 2.26. The summed E-state index contributed by atoms with van der Waals surface area (Å²) in [5, 5.41) is 19.0. The Balaban J connectivity index is 1.98. The first kappa shape index (κ1) is 14.9. The van der Waals surface area contributed by atoms with Gasteiger partial charge in [0.2, 0.25) is 5.69 Å². The number of rotatable bonds is 3. The molecule has 2 aromatic rings. The number of benzene rings is 1. The summed E-state index contributed by atoms with van der Waals surface area (Å²) in [5.41, 5.74) is 1.19. The van der Waals surface area contributed by atoms with Crippen LogP contribution in [0, 0.1) is 11.3 Å². The van der Waals surface area contributed by atoms with Crippen LogP contribution in [0.25, 0.3) is 5.69 Å². The summed E-state index contributed by atoms with van der Waals surface area (Å²) >= 11 is 5.91. The van der Waals surface area contributed by atoms with Gasteiger partial charge in [0, 0.05) is 17.6 Å². The summed E-state index contributed by atoms with van der Waals surface area (Å²) in [7, 11) is 0. The minimum Gasteiger partial charge on any atom is -0.350 e. The molecule has 0 bridgehead atoms. The van der Waals surface area contributed by atoms with Crippen molar-refractivity contribution in [1.29, 1.82) is 5.26 Å². The monoisotopic (exact) mass is 315 g/mol.